The summed E-state index contributed by atoms with van der Waals surface area (Å²) in [6.45, 7) is 0.355. The van der Waals surface area contributed by atoms with E-state index in [1.807, 2.05) is 0 Å². The van der Waals surface area contributed by atoms with Crippen molar-refractivity contribution in [1.29, 1.82) is 0 Å². The minimum atomic E-state index is -4.22. The number of nitrogens with two attached hydrogens (primary N) is 1. The fraction of sp³-hybridized carbons (Fsp3) is 0.857. The van der Waals surface area contributed by atoms with Crippen LogP contribution >= 0.6 is 7.60 Å². The Labute approximate surface area is 88.0 Å². The first-order chi connectivity index (χ1) is 6.78. The summed E-state index contributed by atoms with van der Waals surface area (Å²) >= 11 is 0. The van der Waals surface area contributed by atoms with E-state index in [-0.39, 0.29) is 6.42 Å². The molecule has 0 aromatic carbocycles. The number of hydrogen-bond acceptors (Lipinski definition) is 4. The van der Waals surface area contributed by atoms with Gasteiger partial charge in [0, 0.05) is 0 Å². The quantitative estimate of drug-likeness (QED) is 0.431. The number of likely N-dealkylation sites (N-methyl/N-ethyl adjacent to an activating group) is 1. The highest BCUT2D eigenvalue weighted by Crippen LogP contribution is 2.35. The number of carboxylic acids is 1. The Kier molecular flexibility index (Phi) is 6.00. The van der Waals surface area contributed by atoms with Gasteiger partial charge < -0.3 is 20.6 Å². The monoisotopic (exact) mass is 240 g/mol. The van der Waals surface area contributed by atoms with Crippen molar-refractivity contribution in [1.82, 2.24) is 4.90 Å². The molecule has 0 bridgehead atoms. The molecule has 0 aromatic heterocycles. The summed E-state index contributed by atoms with van der Waals surface area (Å²) in [6.07, 6.45) is 0.222. The molecule has 1 atom stereocenters. The van der Waals surface area contributed by atoms with Gasteiger partial charge in [0.15, 0.2) is 0 Å². The summed E-state index contributed by atoms with van der Waals surface area (Å²) in [6, 6.07) is -0.902. The molecule has 90 valence electrons. The Morgan fingerprint density at radius 3 is 2.40 bits per heavy atom. The Bertz CT molecular complexity index is 254. The molecule has 0 spiro atoms. The molecule has 0 aliphatic carbocycles. The van der Waals surface area contributed by atoms with Crippen molar-refractivity contribution in [3.05, 3.63) is 0 Å². The van der Waals surface area contributed by atoms with Crippen molar-refractivity contribution in [3.63, 3.8) is 0 Å². The number of carbonyl (C=O) groups is 1. The van der Waals surface area contributed by atoms with E-state index < -0.39 is 25.9 Å². The molecule has 15 heavy (non-hydrogen) atoms. The van der Waals surface area contributed by atoms with Crippen LogP contribution in [0, 0.1) is 0 Å². The summed E-state index contributed by atoms with van der Waals surface area (Å²) in [5, 5.41) is 8.83. The summed E-state index contributed by atoms with van der Waals surface area (Å²) in [4.78, 5) is 29.3. The van der Waals surface area contributed by atoms with Crippen molar-refractivity contribution >= 4 is 13.6 Å². The molecule has 0 saturated carbocycles. The Balaban J connectivity index is 4.35. The zero-order valence-electron chi connectivity index (χ0n) is 8.54. The standard InChI is InChI=1S/C7H17N2O5P/c1-9(5-15(12,13)14)6(7(10)11)3-2-4-8/h6H,2-5,8H2,1H3,(H,10,11)(H2,12,13,14)/t6-/m0/s1. The van der Waals surface area contributed by atoms with Crippen LogP contribution in [0.3, 0.4) is 0 Å². The lowest BCUT2D eigenvalue weighted by atomic mass is 10.1. The van der Waals surface area contributed by atoms with Gasteiger partial charge in [-0.25, -0.2) is 0 Å². The lowest BCUT2D eigenvalue weighted by Gasteiger charge is -2.24. The predicted molar refractivity (Wildman–Crippen MR) is 54.4 cm³/mol. The van der Waals surface area contributed by atoms with E-state index in [1.165, 1.54) is 7.05 Å². The fourth-order valence-electron chi connectivity index (χ4n) is 1.23. The SMILES string of the molecule is CN(CP(=O)(O)O)[C@@H](CCCN)C(=O)O. The molecule has 5 N–H and O–H groups in total. The third kappa shape index (κ3) is 6.59. The summed E-state index contributed by atoms with van der Waals surface area (Å²) in [5.74, 6) is -1.10. The van der Waals surface area contributed by atoms with E-state index >= 15 is 0 Å². The predicted octanol–water partition coefficient (Wildman–Crippen LogP) is -0.754. The Morgan fingerprint density at radius 2 is 2.07 bits per heavy atom. The van der Waals surface area contributed by atoms with Gasteiger partial charge in [-0.15, -0.1) is 0 Å². The van der Waals surface area contributed by atoms with Gasteiger partial charge >= 0.3 is 13.6 Å². The van der Waals surface area contributed by atoms with Crippen LogP contribution in [0.2, 0.25) is 0 Å². The lowest BCUT2D eigenvalue weighted by Crippen LogP contribution is -2.39. The summed E-state index contributed by atoms with van der Waals surface area (Å²) < 4.78 is 10.7. The Hall–Kier alpha value is -0.460. The molecule has 0 heterocycles. The molecule has 0 radical (unpaired) electrons. The van der Waals surface area contributed by atoms with E-state index in [1.54, 1.807) is 0 Å². The smallest absolute Gasteiger partial charge is 0.339 e. The first kappa shape index (κ1) is 14.5. The molecule has 7 nitrogen and oxygen atoms in total. The first-order valence-corrected chi connectivity index (χ1v) is 6.25. The van der Waals surface area contributed by atoms with Crippen LogP contribution in [-0.4, -0.2) is 51.7 Å². The van der Waals surface area contributed by atoms with E-state index in [4.69, 9.17) is 20.6 Å². The van der Waals surface area contributed by atoms with Gasteiger partial charge in [0.05, 0.1) is 0 Å². The Morgan fingerprint density at radius 1 is 1.53 bits per heavy atom. The maximum atomic E-state index is 10.8. The molecule has 0 amide bonds. The topological polar surface area (TPSA) is 124 Å². The maximum Gasteiger partial charge on any atom is 0.339 e. The van der Waals surface area contributed by atoms with Crippen LogP contribution in [-0.2, 0) is 9.36 Å². The third-order valence-electron chi connectivity index (χ3n) is 1.91. The van der Waals surface area contributed by atoms with Gasteiger partial charge in [0.2, 0.25) is 0 Å². The summed E-state index contributed by atoms with van der Waals surface area (Å²) in [7, 11) is -2.85. The number of hydrogen-bond donors (Lipinski definition) is 4. The van der Waals surface area contributed by atoms with Crippen molar-refractivity contribution in [3.8, 4) is 0 Å². The first-order valence-electron chi connectivity index (χ1n) is 4.45. The van der Waals surface area contributed by atoms with Crippen LogP contribution in [0.25, 0.3) is 0 Å². The van der Waals surface area contributed by atoms with Gasteiger partial charge in [-0.2, -0.15) is 0 Å². The van der Waals surface area contributed by atoms with Crippen LogP contribution in [0.4, 0.5) is 0 Å². The zero-order valence-corrected chi connectivity index (χ0v) is 9.43. The largest absolute Gasteiger partial charge is 0.480 e. The van der Waals surface area contributed by atoms with Crippen molar-refractivity contribution in [2.75, 3.05) is 19.9 Å². The maximum absolute atomic E-state index is 10.8. The zero-order chi connectivity index (χ0) is 12.1. The fourth-order valence-corrected chi connectivity index (χ4v) is 2.01. The van der Waals surface area contributed by atoms with Gasteiger partial charge in [-0.1, -0.05) is 0 Å². The van der Waals surface area contributed by atoms with Crippen LogP contribution in [0.1, 0.15) is 12.8 Å². The van der Waals surface area contributed by atoms with E-state index in [0.717, 1.165) is 4.90 Å². The van der Waals surface area contributed by atoms with E-state index in [0.29, 0.717) is 13.0 Å². The number of rotatable bonds is 7. The number of aliphatic carboxylic acids is 1. The average Bonchev–Trinajstić information content (AvgIpc) is 2.00. The van der Waals surface area contributed by atoms with Crippen LogP contribution in [0.5, 0.6) is 0 Å². The second-order valence-corrected chi connectivity index (χ2v) is 4.96. The molecule has 8 heteroatoms. The number of carboxylic acid groups (broad SMARTS) is 1. The third-order valence-corrected chi connectivity index (χ3v) is 2.72. The van der Waals surface area contributed by atoms with Crippen molar-refractivity contribution in [2.24, 2.45) is 5.73 Å². The van der Waals surface area contributed by atoms with E-state index in [2.05, 4.69) is 0 Å². The van der Waals surface area contributed by atoms with Crippen LogP contribution in [0.15, 0.2) is 0 Å². The molecule has 0 aromatic rings. The molecule has 0 aliphatic rings. The van der Waals surface area contributed by atoms with Gasteiger partial charge in [0.1, 0.15) is 12.3 Å². The molecule has 0 saturated heterocycles. The minimum Gasteiger partial charge on any atom is -0.480 e. The minimum absolute atomic E-state index is 0.280. The molecule has 0 rings (SSSR count). The molecule has 0 fully saturated rings. The van der Waals surface area contributed by atoms with Gasteiger partial charge in [-0.05, 0) is 26.4 Å². The van der Waals surface area contributed by atoms with E-state index in [9.17, 15) is 9.36 Å². The van der Waals surface area contributed by atoms with Crippen molar-refractivity contribution in [2.45, 2.75) is 18.9 Å². The second-order valence-electron chi connectivity index (χ2n) is 3.35. The second kappa shape index (κ2) is 6.19. The lowest BCUT2D eigenvalue weighted by molar-refractivity contribution is -0.142. The molecular weight excluding hydrogens is 223 g/mol. The molecular formula is C7H17N2O5P. The normalized spacial score (nSPS) is 14.2. The van der Waals surface area contributed by atoms with Gasteiger partial charge in [0.25, 0.3) is 0 Å². The van der Waals surface area contributed by atoms with Crippen molar-refractivity contribution < 1.29 is 24.3 Å². The van der Waals surface area contributed by atoms with Gasteiger partial charge in [-0.3, -0.25) is 14.3 Å². The number of nitrogens with zero attached hydrogens (tertiary/aromatic N) is 1. The van der Waals surface area contributed by atoms with Crippen LogP contribution < -0.4 is 5.73 Å². The highest BCUT2D eigenvalue weighted by atomic mass is 31.2. The highest BCUT2D eigenvalue weighted by Gasteiger charge is 2.27. The molecule has 0 unspecified atom stereocenters. The molecule has 0 aliphatic heterocycles. The highest BCUT2D eigenvalue weighted by molar-refractivity contribution is 7.51. The summed E-state index contributed by atoms with van der Waals surface area (Å²) in [5.41, 5.74) is 5.24. The average molecular weight is 240 g/mol.